The van der Waals surface area contributed by atoms with Gasteiger partial charge in [0.15, 0.2) is 5.78 Å². The highest BCUT2D eigenvalue weighted by atomic mass is 28.3. The van der Waals surface area contributed by atoms with Gasteiger partial charge in [-0.15, -0.1) is 0 Å². The molecule has 0 unspecified atom stereocenters. The van der Waals surface area contributed by atoms with Crippen LogP contribution >= 0.6 is 0 Å². The van der Waals surface area contributed by atoms with Gasteiger partial charge in [0.25, 0.3) is 0 Å². The molecular weight excluding hydrogens is 424 g/mol. The van der Waals surface area contributed by atoms with Crippen molar-refractivity contribution in [2.75, 3.05) is 33.4 Å². The van der Waals surface area contributed by atoms with Crippen molar-refractivity contribution in [3.8, 4) is 0 Å². The maximum absolute atomic E-state index is 12.6. The molecule has 0 saturated heterocycles. The summed E-state index contributed by atoms with van der Waals surface area (Å²) in [5.41, 5.74) is 1.07. The Balaban J connectivity index is 1.64. The highest BCUT2D eigenvalue weighted by Crippen LogP contribution is 2.24. The van der Waals surface area contributed by atoms with E-state index < -0.39 is 14.2 Å². The molecule has 0 aliphatic carbocycles. The van der Waals surface area contributed by atoms with Gasteiger partial charge in [0, 0.05) is 26.5 Å². The van der Waals surface area contributed by atoms with Crippen molar-refractivity contribution in [3.05, 3.63) is 48.0 Å². The molecule has 1 heterocycles. The second kappa shape index (κ2) is 14.0. The largest absolute Gasteiger partial charge is 0.362 e. The quantitative estimate of drug-likeness (QED) is 0.163. The summed E-state index contributed by atoms with van der Waals surface area (Å²) in [7, 11) is -1.08. The van der Waals surface area contributed by atoms with E-state index in [1.807, 2.05) is 49.4 Å². The minimum atomic E-state index is -1.08. The third kappa shape index (κ3) is 10.5. The van der Waals surface area contributed by atoms with Gasteiger partial charge in [0.2, 0.25) is 0 Å². The van der Waals surface area contributed by atoms with Crippen LogP contribution in [0.3, 0.4) is 0 Å². The second-order valence-corrected chi connectivity index (χ2v) is 15.3. The molecule has 180 valence electrons. The summed E-state index contributed by atoms with van der Waals surface area (Å²) < 4.78 is 28.3. The number of benzene rings is 1. The Kier molecular flexibility index (Phi) is 11.8. The first-order chi connectivity index (χ1) is 15.3. The van der Waals surface area contributed by atoms with Crippen LogP contribution in [-0.2, 0) is 35.1 Å². The van der Waals surface area contributed by atoms with E-state index >= 15 is 0 Å². The number of carbonyl (C=O) groups excluding carboxylic acids is 1. The van der Waals surface area contributed by atoms with Crippen molar-refractivity contribution < 1.29 is 28.5 Å². The summed E-state index contributed by atoms with van der Waals surface area (Å²) in [5, 5.41) is 0. The van der Waals surface area contributed by atoms with Crippen LogP contribution in [0, 0.1) is 11.8 Å². The summed E-state index contributed by atoms with van der Waals surface area (Å²) in [4.78, 5) is 12.6. The molecule has 0 radical (unpaired) electrons. The Morgan fingerprint density at radius 2 is 1.75 bits per heavy atom. The van der Waals surface area contributed by atoms with Crippen LogP contribution in [0.1, 0.15) is 19.4 Å². The Labute approximate surface area is 194 Å². The zero-order valence-corrected chi connectivity index (χ0v) is 21.3. The van der Waals surface area contributed by atoms with E-state index in [2.05, 4.69) is 26.6 Å². The zero-order chi connectivity index (χ0) is 23.4. The molecule has 0 N–H and O–H groups in total. The van der Waals surface area contributed by atoms with Crippen LogP contribution in [0.25, 0.3) is 0 Å². The number of Topliss-reactive ketones (excluding diaryl/α,β-unsaturated/α-hetero) is 1. The number of rotatable bonds is 15. The van der Waals surface area contributed by atoms with Gasteiger partial charge in [-0.1, -0.05) is 76.0 Å². The minimum Gasteiger partial charge on any atom is -0.362 e. The molecule has 32 heavy (non-hydrogen) atoms. The van der Waals surface area contributed by atoms with Crippen molar-refractivity contribution in [1.82, 2.24) is 0 Å². The van der Waals surface area contributed by atoms with Crippen molar-refractivity contribution >= 4 is 13.9 Å². The van der Waals surface area contributed by atoms with Crippen LogP contribution in [0.4, 0.5) is 0 Å². The monoisotopic (exact) mass is 464 g/mol. The van der Waals surface area contributed by atoms with E-state index in [-0.39, 0.29) is 37.1 Å². The molecule has 7 heteroatoms. The number of hydrogen-bond donors (Lipinski definition) is 0. The van der Waals surface area contributed by atoms with Gasteiger partial charge in [-0.05, 0) is 11.6 Å². The molecule has 1 aliphatic heterocycles. The van der Waals surface area contributed by atoms with E-state index in [0.29, 0.717) is 20.0 Å². The number of carbonyl (C=O) groups is 1. The third-order valence-corrected chi connectivity index (χ3v) is 7.03. The van der Waals surface area contributed by atoms with E-state index in [1.54, 1.807) is 0 Å². The smallest absolute Gasteiger partial charge is 0.187 e. The first kappa shape index (κ1) is 26.9. The molecular formula is C25H40O6Si. The van der Waals surface area contributed by atoms with Gasteiger partial charge < -0.3 is 23.7 Å². The molecule has 0 aromatic heterocycles. The lowest BCUT2D eigenvalue weighted by molar-refractivity contribution is -0.151. The maximum atomic E-state index is 12.6. The Morgan fingerprint density at radius 1 is 1.03 bits per heavy atom. The lowest BCUT2D eigenvalue weighted by Gasteiger charge is -2.32. The normalized spacial score (nSPS) is 22.1. The zero-order valence-electron chi connectivity index (χ0n) is 20.3. The maximum Gasteiger partial charge on any atom is 0.187 e. The van der Waals surface area contributed by atoms with E-state index in [4.69, 9.17) is 23.7 Å². The van der Waals surface area contributed by atoms with Crippen LogP contribution in [0.2, 0.25) is 25.7 Å². The molecule has 0 bridgehead atoms. The fourth-order valence-corrected chi connectivity index (χ4v) is 4.02. The topological polar surface area (TPSA) is 63.2 Å². The molecule has 2 rings (SSSR count). The summed E-state index contributed by atoms with van der Waals surface area (Å²) in [6.07, 6.45) is 3.38. The molecule has 0 amide bonds. The van der Waals surface area contributed by atoms with E-state index in [1.165, 1.54) is 0 Å². The van der Waals surface area contributed by atoms with Gasteiger partial charge in [-0.3, -0.25) is 4.79 Å². The Bertz CT molecular complexity index is 687. The molecule has 0 fully saturated rings. The summed E-state index contributed by atoms with van der Waals surface area (Å²) in [5.74, 6) is 0.0494. The van der Waals surface area contributed by atoms with Crippen molar-refractivity contribution in [2.24, 2.45) is 11.8 Å². The first-order valence-electron chi connectivity index (χ1n) is 11.5. The predicted octanol–water partition coefficient (Wildman–Crippen LogP) is 4.67. The Hall–Kier alpha value is -1.35. The van der Waals surface area contributed by atoms with Crippen molar-refractivity contribution in [1.29, 1.82) is 0 Å². The number of hydrogen-bond acceptors (Lipinski definition) is 6. The van der Waals surface area contributed by atoms with E-state index in [0.717, 1.165) is 18.2 Å². The average Bonchev–Trinajstić information content (AvgIpc) is 2.76. The van der Waals surface area contributed by atoms with E-state index in [9.17, 15) is 4.79 Å². The summed E-state index contributed by atoms with van der Waals surface area (Å²) in [6.45, 7) is 13.1. The molecule has 6 nitrogen and oxygen atoms in total. The molecule has 1 aromatic carbocycles. The van der Waals surface area contributed by atoms with Crippen molar-refractivity contribution in [2.45, 2.75) is 58.3 Å². The highest BCUT2D eigenvalue weighted by Gasteiger charge is 2.32. The van der Waals surface area contributed by atoms with Crippen LogP contribution in [-0.4, -0.2) is 59.5 Å². The SMILES string of the molecule is C[C@H]1C=C[C@H]([C@@H](C)COCOCC[Si](C)(C)C)O[C@H]1C(=O)COCOCc1ccccc1. The van der Waals surface area contributed by atoms with Crippen LogP contribution < -0.4 is 0 Å². The number of ketones is 1. The minimum absolute atomic E-state index is 0.00519. The van der Waals surface area contributed by atoms with Gasteiger partial charge in [-0.2, -0.15) is 0 Å². The third-order valence-electron chi connectivity index (χ3n) is 5.33. The lowest BCUT2D eigenvalue weighted by Crippen LogP contribution is -2.41. The Morgan fingerprint density at radius 3 is 2.47 bits per heavy atom. The predicted molar refractivity (Wildman–Crippen MR) is 128 cm³/mol. The second-order valence-electron chi connectivity index (χ2n) is 9.72. The molecule has 1 aliphatic rings. The standard InChI is InChI=1S/C25H40O6Si/c1-20-11-12-24(21(2)15-28-18-27-13-14-32(3,4)5)31-25(20)23(26)17-30-19-29-16-22-9-7-6-8-10-22/h6-12,20-21,24-25H,13-19H2,1-5H3/t20-,21-,24+,25+/m0/s1. The molecule has 4 atom stereocenters. The number of ether oxygens (including phenoxy) is 5. The van der Waals surface area contributed by atoms with Gasteiger partial charge in [-0.25, -0.2) is 0 Å². The van der Waals surface area contributed by atoms with Crippen molar-refractivity contribution in [3.63, 3.8) is 0 Å². The lowest BCUT2D eigenvalue weighted by atomic mass is 9.93. The fourth-order valence-electron chi connectivity index (χ4n) is 3.26. The van der Waals surface area contributed by atoms with Crippen LogP contribution in [0.15, 0.2) is 42.5 Å². The van der Waals surface area contributed by atoms with Gasteiger partial charge >= 0.3 is 0 Å². The highest BCUT2D eigenvalue weighted by molar-refractivity contribution is 6.76. The summed E-state index contributed by atoms with van der Waals surface area (Å²) in [6, 6.07) is 11.0. The van der Waals surface area contributed by atoms with Gasteiger partial charge in [0.1, 0.15) is 26.3 Å². The van der Waals surface area contributed by atoms with Gasteiger partial charge in [0.05, 0.1) is 19.3 Å². The summed E-state index contributed by atoms with van der Waals surface area (Å²) >= 11 is 0. The molecule has 0 saturated carbocycles. The van der Waals surface area contributed by atoms with Crippen LogP contribution in [0.5, 0.6) is 0 Å². The fraction of sp³-hybridized carbons (Fsp3) is 0.640. The average molecular weight is 465 g/mol. The molecule has 1 aromatic rings. The molecule has 0 spiro atoms. The first-order valence-corrected chi connectivity index (χ1v) is 15.2.